The number of allylic oxidation sites excluding steroid dienone is 8. The summed E-state index contributed by atoms with van der Waals surface area (Å²) in [5.74, 6) is 0. The Balaban J connectivity index is 4.36. The molecule has 0 rings (SSSR count). The van der Waals surface area contributed by atoms with Crippen molar-refractivity contribution in [2.24, 2.45) is 0 Å². The molecule has 0 spiro atoms. The van der Waals surface area contributed by atoms with Crippen molar-refractivity contribution in [1.29, 1.82) is 0 Å². The monoisotopic (exact) mass is 785 g/mol. The van der Waals surface area contributed by atoms with Gasteiger partial charge in [0.05, 0.1) is 39.6 Å². The van der Waals surface area contributed by atoms with Gasteiger partial charge in [-0.15, -0.1) is 0 Å². The van der Waals surface area contributed by atoms with Crippen LogP contribution in [0.2, 0.25) is 0 Å². The third-order valence-electron chi connectivity index (χ3n) is 8.89. The normalized spacial score (nSPS) is 14.4. The molecule has 0 aromatic carbocycles. The van der Waals surface area contributed by atoms with E-state index in [1.54, 1.807) is 0 Å². The van der Waals surface area contributed by atoms with Crippen LogP contribution in [0.5, 0.6) is 0 Å². The van der Waals surface area contributed by atoms with E-state index < -0.39 is 7.82 Å². The fraction of sp³-hybridized carbons (Fsp3) is 0.795. The van der Waals surface area contributed by atoms with Crippen LogP contribution in [0.4, 0.5) is 0 Å². The number of unbranched alkanes of at least 4 members (excludes halogenated alkanes) is 17. The van der Waals surface area contributed by atoms with Gasteiger partial charge in [0.15, 0.2) is 5.12 Å². The van der Waals surface area contributed by atoms with E-state index in [1.807, 2.05) is 21.1 Å². The van der Waals surface area contributed by atoms with Crippen molar-refractivity contribution < 1.29 is 32.5 Å². The fourth-order valence-electron chi connectivity index (χ4n) is 5.54. The second kappa shape index (κ2) is 37.9. The second-order valence-corrected chi connectivity index (χ2v) is 18.2. The molecule has 2 atom stereocenters. The van der Waals surface area contributed by atoms with Gasteiger partial charge < -0.3 is 14.1 Å². The van der Waals surface area contributed by atoms with Crippen LogP contribution in [0, 0.1) is 0 Å². The van der Waals surface area contributed by atoms with Crippen molar-refractivity contribution in [3.8, 4) is 0 Å². The lowest BCUT2D eigenvalue weighted by atomic mass is 10.0. The number of likely N-dealkylation sites (N-methyl/N-ethyl adjacent to an activating group) is 1. The number of nitrogens with zero attached hydrogens (tertiary/aromatic N) is 1. The molecule has 0 aliphatic heterocycles. The number of hydrogen-bond acceptors (Lipinski definition) is 6. The predicted octanol–water partition coefficient (Wildman–Crippen LogP) is 13.1. The number of phosphoric acid groups is 1. The van der Waals surface area contributed by atoms with Gasteiger partial charge in [-0.1, -0.05) is 171 Å². The van der Waals surface area contributed by atoms with Gasteiger partial charge in [0.25, 0.3) is 0 Å². The van der Waals surface area contributed by atoms with Crippen molar-refractivity contribution >= 4 is 24.7 Å². The largest absolute Gasteiger partial charge is 0.472 e. The van der Waals surface area contributed by atoms with Crippen LogP contribution in [-0.2, 0) is 23.1 Å². The van der Waals surface area contributed by atoms with Crippen LogP contribution in [0.15, 0.2) is 48.6 Å². The molecule has 0 amide bonds. The third kappa shape index (κ3) is 42.0. The summed E-state index contributed by atoms with van der Waals surface area (Å²) < 4.78 is 29.6. The highest BCUT2D eigenvalue weighted by Gasteiger charge is 2.26. The quantitative estimate of drug-likeness (QED) is 0.0288. The lowest BCUT2D eigenvalue weighted by Crippen LogP contribution is -2.37. The smallest absolute Gasteiger partial charge is 0.380 e. The Bertz CT molecular complexity index is 993. The van der Waals surface area contributed by atoms with Crippen molar-refractivity contribution in [3.63, 3.8) is 0 Å². The summed E-state index contributed by atoms with van der Waals surface area (Å²) in [6.07, 6.45) is 45.9. The molecule has 0 fully saturated rings. The fourth-order valence-corrected chi connectivity index (χ4v) is 7.33. The summed E-state index contributed by atoms with van der Waals surface area (Å²) in [7, 11) is 1.75. The average Bonchev–Trinajstić information content (AvgIpc) is 3.11. The number of rotatable bonds is 39. The molecular weight excluding hydrogens is 702 g/mol. The highest BCUT2D eigenvalue weighted by molar-refractivity contribution is 8.14. The molecule has 0 radical (unpaired) electrons. The van der Waals surface area contributed by atoms with E-state index >= 15 is 0 Å². The van der Waals surface area contributed by atoms with Crippen molar-refractivity contribution in [2.45, 2.75) is 173 Å². The number of thioether (sulfide) groups is 1. The Morgan fingerprint density at radius 2 is 1.06 bits per heavy atom. The van der Waals surface area contributed by atoms with E-state index in [0.717, 1.165) is 56.7 Å². The Kier molecular flexibility index (Phi) is 37.2. The molecule has 53 heavy (non-hydrogen) atoms. The SMILES string of the molecule is CCCCCC=CCC=CCC=CCC=CCCCC(=O)S[C@H](COCCCCCCCCCCCCCCCC)COP(=O)(O)OCC[N+](C)(C)C. The summed E-state index contributed by atoms with van der Waals surface area (Å²) >= 11 is 1.16. The first kappa shape index (κ1) is 52.0. The number of ether oxygens (including phenoxy) is 1. The van der Waals surface area contributed by atoms with Crippen LogP contribution in [0.1, 0.15) is 168 Å². The summed E-state index contributed by atoms with van der Waals surface area (Å²) in [5.41, 5.74) is 0. The standard InChI is InChI=1S/C44H82NO6PS/c1-6-8-10-12-14-16-18-20-22-23-24-25-27-29-31-33-35-37-44(46)53-43(42-51-52(47,48)50-40-38-45(3,4)5)41-49-39-36-34-32-30-28-26-21-19-17-15-13-11-9-7-2/h14,16,20,22,24-25,29,31,43H,6-13,15,17-19,21,23,26-28,30,32-42H2,1-5H3/p+1/t43-/m1/s1. The molecule has 310 valence electrons. The minimum atomic E-state index is -4.22. The molecular formula is C44H83NO6PS+. The van der Waals surface area contributed by atoms with Crippen LogP contribution in [0.3, 0.4) is 0 Å². The van der Waals surface area contributed by atoms with Crippen molar-refractivity contribution in [1.82, 2.24) is 0 Å². The van der Waals surface area contributed by atoms with Gasteiger partial charge in [0.2, 0.25) is 0 Å². The Hall–Kier alpha value is -0.990. The number of quaternary nitrogens is 1. The molecule has 0 bridgehead atoms. The van der Waals surface area contributed by atoms with Crippen molar-refractivity contribution in [3.05, 3.63) is 48.6 Å². The maximum absolute atomic E-state index is 12.8. The number of carbonyl (C=O) groups excluding carboxylic acids is 1. The molecule has 0 saturated heterocycles. The molecule has 1 N–H and O–H groups in total. The van der Waals surface area contributed by atoms with E-state index in [4.69, 9.17) is 13.8 Å². The molecule has 0 aromatic rings. The summed E-state index contributed by atoms with van der Waals surface area (Å²) in [6, 6.07) is 0. The number of phosphoric ester groups is 1. The third-order valence-corrected chi connectivity index (χ3v) is 11.0. The molecule has 0 aliphatic rings. The van der Waals surface area contributed by atoms with E-state index in [1.165, 1.54) is 103 Å². The second-order valence-electron chi connectivity index (χ2n) is 15.4. The first-order valence-corrected chi connectivity index (χ1v) is 23.8. The first-order chi connectivity index (χ1) is 25.6. The molecule has 7 nitrogen and oxygen atoms in total. The minimum absolute atomic E-state index is 0.0494. The zero-order valence-corrected chi connectivity index (χ0v) is 36.7. The van der Waals surface area contributed by atoms with E-state index in [-0.39, 0.29) is 23.6 Å². The molecule has 1 unspecified atom stereocenters. The molecule has 0 aliphatic carbocycles. The van der Waals surface area contributed by atoms with Gasteiger partial charge in [0, 0.05) is 13.0 Å². The zero-order valence-electron chi connectivity index (χ0n) is 35.0. The van der Waals surface area contributed by atoms with Crippen LogP contribution >= 0.6 is 19.6 Å². The predicted molar refractivity (Wildman–Crippen MR) is 231 cm³/mol. The van der Waals surface area contributed by atoms with Gasteiger partial charge >= 0.3 is 7.82 Å². The van der Waals surface area contributed by atoms with E-state index in [2.05, 4.69) is 62.5 Å². The maximum atomic E-state index is 12.8. The van der Waals surface area contributed by atoms with Crippen molar-refractivity contribution in [2.75, 3.05) is 54.1 Å². The molecule has 0 aromatic heterocycles. The van der Waals surface area contributed by atoms with E-state index in [0.29, 0.717) is 30.7 Å². The van der Waals surface area contributed by atoms with Gasteiger partial charge in [-0.3, -0.25) is 13.8 Å². The average molecular weight is 785 g/mol. The lowest BCUT2D eigenvalue weighted by Gasteiger charge is -2.24. The molecule has 9 heteroatoms. The highest BCUT2D eigenvalue weighted by atomic mass is 32.2. The highest BCUT2D eigenvalue weighted by Crippen LogP contribution is 2.43. The number of carbonyl (C=O) groups is 1. The Labute approximate surface area is 332 Å². The zero-order chi connectivity index (χ0) is 39.1. The topological polar surface area (TPSA) is 82.1 Å². The molecule has 0 saturated carbocycles. The Morgan fingerprint density at radius 1 is 0.604 bits per heavy atom. The Morgan fingerprint density at radius 3 is 1.57 bits per heavy atom. The summed E-state index contributed by atoms with van der Waals surface area (Å²) in [4.78, 5) is 23.1. The minimum Gasteiger partial charge on any atom is -0.380 e. The van der Waals surface area contributed by atoms with Gasteiger partial charge in [-0.25, -0.2) is 4.57 Å². The first-order valence-electron chi connectivity index (χ1n) is 21.4. The number of hydrogen-bond donors (Lipinski definition) is 1. The lowest BCUT2D eigenvalue weighted by molar-refractivity contribution is -0.870. The summed E-state index contributed by atoms with van der Waals surface area (Å²) in [6.45, 7) is 6.03. The maximum Gasteiger partial charge on any atom is 0.472 e. The van der Waals surface area contributed by atoms with Gasteiger partial charge in [-0.05, 0) is 51.4 Å². The molecule has 0 heterocycles. The van der Waals surface area contributed by atoms with E-state index in [9.17, 15) is 14.3 Å². The van der Waals surface area contributed by atoms with Crippen LogP contribution in [0.25, 0.3) is 0 Å². The van der Waals surface area contributed by atoms with Crippen LogP contribution < -0.4 is 0 Å². The van der Waals surface area contributed by atoms with Gasteiger partial charge in [0.1, 0.15) is 13.2 Å². The summed E-state index contributed by atoms with van der Waals surface area (Å²) in [5, 5.41) is -0.318. The van der Waals surface area contributed by atoms with Gasteiger partial charge in [-0.2, -0.15) is 0 Å². The van der Waals surface area contributed by atoms with Crippen LogP contribution in [-0.4, -0.2) is 73.9 Å².